The second kappa shape index (κ2) is 10.7. The first-order chi connectivity index (χ1) is 15.8. The molecule has 1 aromatic carbocycles. The van der Waals surface area contributed by atoms with Crippen LogP contribution >= 0.6 is 0 Å². The third-order valence-corrected chi connectivity index (χ3v) is 5.99. The molecule has 1 aliphatic heterocycles. The smallest absolute Gasteiger partial charge is 0.336 e. The van der Waals surface area contributed by atoms with E-state index in [0.29, 0.717) is 46.9 Å². The molecule has 0 unspecified atom stereocenters. The van der Waals surface area contributed by atoms with E-state index < -0.39 is 23.8 Å². The Morgan fingerprint density at radius 3 is 2.61 bits per heavy atom. The molecule has 178 valence electrons. The van der Waals surface area contributed by atoms with Gasteiger partial charge in [0.05, 0.1) is 25.9 Å². The normalized spacial score (nSPS) is 22.5. The van der Waals surface area contributed by atoms with Crippen LogP contribution in [0.15, 0.2) is 46.8 Å². The zero-order valence-electron chi connectivity index (χ0n) is 19.7. The molecule has 0 spiro atoms. The maximum Gasteiger partial charge on any atom is 0.336 e. The summed E-state index contributed by atoms with van der Waals surface area (Å²) in [6.07, 6.45) is 0.478. The van der Waals surface area contributed by atoms with Crippen LogP contribution in [0.5, 0.6) is 5.75 Å². The molecule has 1 aliphatic carbocycles. The molecular weight excluding hydrogens is 426 g/mol. The molecule has 1 aromatic rings. The van der Waals surface area contributed by atoms with Crippen molar-refractivity contribution in [3.05, 3.63) is 52.4 Å². The summed E-state index contributed by atoms with van der Waals surface area (Å²) in [7, 11) is 2.80. The van der Waals surface area contributed by atoms with E-state index in [9.17, 15) is 14.4 Å². The SMILES string of the molecule is CCOc1cccc([C@@H]2C(C(=O)OCCOC)=C(C)NC3=C2C(=O)[C@@H](C(=O)OC)[C@H](C)C3)c1. The molecule has 1 heterocycles. The fourth-order valence-electron chi connectivity index (χ4n) is 4.53. The number of hydrogen-bond donors (Lipinski definition) is 1. The molecule has 3 rings (SSSR count). The van der Waals surface area contributed by atoms with Crippen LogP contribution in [0, 0.1) is 11.8 Å². The lowest BCUT2D eigenvalue weighted by Crippen LogP contribution is -2.43. The van der Waals surface area contributed by atoms with Crippen molar-refractivity contribution in [1.29, 1.82) is 0 Å². The number of dihydropyridines is 1. The van der Waals surface area contributed by atoms with Crippen molar-refractivity contribution in [2.45, 2.75) is 33.1 Å². The van der Waals surface area contributed by atoms with Crippen molar-refractivity contribution in [3.63, 3.8) is 0 Å². The summed E-state index contributed by atoms with van der Waals surface area (Å²) in [5.41, 5.74) is 2.75. The van der Waals surface area contributed by atoms with Gasteiger partial charge in [-0.1, -0.05) is 19.1 Å². The number of esters is 2. The lowest BCUT2D eigenvalue weighted by Gasteiger charge is -2.38. The van der Waals surface area contributed by atoms with Gasteiger partial charge in [0, 0.05) is 30.0 Å². The van der Waals surface area contributed by atoms with E-state index in [1.54, 1.807) is 6.92 Å². The van der Waals surface area contributed by atoms with E-state index in [4.69, 9.17) is 18.9 Å². The summed E-state index contributed by atoms with van der Waals surface area (Å²) in [5, 5.41) is 3.24. The average molecular weight is 458 g/mol. The Bertz CT molecular complexity index is 994. The van der Waals surface area contributed by atoms with E-state index in [1.165, 1.54) is 14.2 Å². The van der Waals surface area contributed by atoms with Crippen LogP contribution in [0.25, 0.3) is 0 Å². The number of methoxy groups -OCH3 is 2. The lowest BCUT2D eigenvalue weighted by atomic mass is 9.69. The fourth-order valence-corrected chi connectivity index (χ4v) is 4.53. The molecule has 0 aromatic heterocycles. The zero-order chi connectivity index (χ0) is 24.1. The Morgan fingerprint density at radius 1 is 1.18 bits per heavy atom. The number of carbonyl (C=O) groups excluding carboxylic acids is 3. The molecular formula is C25H31NO7. The van der Waals surface area contributed by atoms with Gasteiger partial charge in [-0.2, -0.15) is 0 Å². The number of hydrogen-bond acceptors (Lipinski definition) is 8. The summed E-state index contributed by atoms with van der Waals surface area (Å²) in [6.45, 7) is 6.34. The first kappa shape index (κ1) is 24.5. The number of rotatable bonds is 8. The molecule has 0 bridgehead atoms. The van der Waals surface area contributed by atoms with Gasteiger partial charge < -0.3 is 24.3 Å². The topological polar surface area (TPSA) is 100 Å². The number of carbonyl (C=O) groups is 3. The number of nitrogens with one attached hydrogen (secondary N) is 1. The molecule has 0 saturated carbocycles. The van der Waals surface area contributed by atoms with Crippen LogP contribution in [-0.4, -0.2) is 51.8 Å². The lowest BCUT2D eigenvalue weighted by molar-refractivity contribution is -0.151. The van der Waals surface area contributed by atoms with Gasteiger partial charge in [-0.3, -0.25) is 9.59 Å². The van der Waals surface area contributed by atoms with E-state index in [-0.39, 0.29) is 24.9 Å². The van der Waals surface area contributed by atoms with E-state index in [1.807, 2.05) is 38.1 Å². The highest BCUT2D eigenvalue weighted by Crippen LogP contribution is 2.45. The first-order valence-electron chi connectivity index (χ1n) is 11.1. The van der Waals surface area contributed by atoms with Crippen molar-refractivity contribution in [1.82, 2.24) is 5.32 Å². The number of Topliss-reactive ketones (excluding diaryl/α,β-unsaturated/α-hetero) is 1. The number of benzene rings is 1. The molecule has 0 saturated heterocycles. The quantitative estimate of drug-likeness (QED) is 0.361. The Morgan fingerprint density at radius 2 is 1.94 bits per heavy atom. The third-order valence-electron chi connectivity index (χ3n) is 5.99. The number of ketones is 1. The van der Waals surface area contributed by atoms with Crippen molar-refractivity contribution in [3.8, 4) is 5.75 Å². The van der Waals surface area contributed by atoms with Gasteiger partial charge in [0.25, 0.3) is 0 Å². The Hall–Kier alpha value is -3.13. The molecule has 1 N–H and O–H groups in total. The highest BCUT2D eigenvalue weighted by molar-refractivity contribution is 6.12. The van der Waals surface area contributed by atoms with Crippen LogP contribution in [0.4, 0.5) is 0 Å². The minimum atomic E-state index is -0.933. The Balaban J connectivity index is 2.13. The summed E-state index contributed by atoms with van der Waals surface area (Å²) in [5.74, 6) is -2.71. The summed E-state index contributed by atoms with van der Waals surface area (Å²) < 4.78 is 21.0. The number of ether oxygens (including phenoxy) is 4. The first-order valence-corrected chi connectivity index (χ1v) is 11.1. The van der Waals surface area contributed by atoms with Gasteiger partial charge in [0.1, 0.15) is 18.3 Å². The number of allylic oxidation sites excluding steroid dienone is 3. The predicted octanol–water partition coefficient (Wildman–Crippen LogP) is 2.89. The predicted molar refractivity (Wildman–Crippen MR) is 120 cm³/mol. The van der Waals surface area contributed by atoms with Crippen molar-refractivity contribution in [2.75, 3.05) is 34.0 Å². The second-order valence-electron chi connectivity index (χ2n) is 8.17. The fraction of sp³-hybridized carbons (Fsp3) is 0.480. The minimum Gasteiger partial charge on any atom is -0.494 e. The van der Waals surface area contributed by atoms with E-state index in [2.05, 4.69) is 5.32 Å². The van der Waals surface area contributed by atoms with Crippen molar-refractivity contribution >= 4 is 17.7 Å². The summed E-state index contributed by atoms with van der Waals surface area (Å²) in [6, 6.07) is 7.30. The monoisotopic (exact) mass is 457 g/mol. The highest BCUT2D eigenvalue weighted by atomic mass is 16.6. The maximum atomic E-state index is 13.7. The Kier molecular flexibility index (Phi) is 7.92. The molecule has 0 radical (unpaired) electrons. The molecule has 0 amide bonds. The second-order valence-corrected chi connectivity index (χ2v) is 8.17. The van der Waals surface area contributed by atoms with Crippen molar-refractivity contribution in [2.24, 2.45) is 11.8 Å². The molecule has 33 heavy (non-hydrogen) atoms. The van der Waals surface area contributed by atoms with Crippen molar-refractivity contribution < 1.29 is 33.3 Å². The zero-order valence-corrected chi connectivity index (χ0v) is 19.7. The molecule has 8 heteroatoms. The van der Waals surface area contributed by atoms with Gasteiger partial charge in [0.15, 0.2) is 5.78 Å². The largest absolute Gasteiger partial charge is 0.494 e. The van der Waals surface area contributed by atoms with Crippen LogP contribution < -0.4 is 10.1 Å². The molecule has 0 fully saturated rings. The van der Waals surface area contributed by atoms with Gasteiger partial charge in [-0.15, -0.1) is 0 Å². The average Bonchev–Trinajstić information content (AvgIpc) is 2.78. The highest BCUT2D eigenvalue weighted by Gasteiger charge is 2.47. The maximum absolute atomic E-state index is 13.7. The van der Waals surface area contributed by atoms with Gasteiger partial charge in [0.2, 0.25) is 0 Å². The van der Waals surface area contributed by atoms with Crippen LogP contribution in [-0.2, 0) is 28.6 Å². The standard InChI is InChI=1S/C25H31NO7/c1-6-32-17-9-7-8-16(13-17)21-20(25(29)33-11-10-30-4)15(3)26-18-12-14(2)19(24(28)31-5)23(27)22(18)21/h7-9,13-14,19,21,26H,6,10-12H2,1-5H3/t14-,19+,21-/m1/s1. The van der Waals surface area contributed by atoms with Crippen LogP contribution in [0.3, 0.4) is 0 Å². The Labute approximate surface area is 193 Å². The molecule has 8 nitrogen and oxygen atoms in total. The van der Waals surface area contributed by atoms with E-state index >= 15 is 0 Å². The van der Waals surface area contributed by atoms with Gasteiger partial charge in [-0.25, -0.2) is 4.79 Å². The minimum absolute atomic E-state index is 0.0828. The third kappa shape index (κ3) is 4.95. The van der Waals surface area contributed by atoms with E-state index in [0.717, 1.165) is 0 Å². The van der Waals surface area contributed by atoms with Gasteiger partial charge >= 0.3 is 11.9 Å². The molecule has 2 aliphatic rings. The summed E-state index contributed by atoms with van der Waals surface area (Å²) in [4.78, 5) is 39.3. The van der Waals surface area contributed by atoms with Crippen LogP contribution in [0.1, 0.15) is 38.7 Å². The van der Waals surface area contributed by atoms with Crippen LogP contribution in [0.2, 0.25) is 0 Å². The summed E-state index contributed by atoms with van der Waals surface area (Å²) >= 11 is 0. The molecule has 3 atom stereocenters. The van der Waals surface area contributed by atoms with Gasteiger partial charge in [-0.05, 0) is 43.9 Å².